The molecule has 1 aromatic rings. The summed E-state index contributed by atoms with van der Waals surface area (Å²) in [5.41, 5.74) is 0.911. The molecule has 1 aromatic carbocycles. The zero-order valence-corrected chi connectivity index (χ0v) is 17.5. The minimum Gasteiger partial charge on any atom is -0.349 e. The predicted molar refractivity (Wildman–Crippen MR) is 112 cm³/mol. The number of nitrogens with zero attached hydrogens (tertiary/aromatic N) is 2. The quantitative estimate of drug-likeness (QED) is 0.775. The van der Waals surface area contributed by atoms with Crippen LogP contribution in [0.1, 0.15) is 51.5 Å². The van der Waals surface area contributed by atoms with E-state index >= 15 is 0 Å². The third-order valence-corrected chi connectivity index (χ3v) is 7.75. The molecule has 4 aliphatic rings. The molecule has 156 valence electrons. The van der Waals surface area contributed by atoms with Crippen LogP contribution in [0, 0.1) is 5.92 Å². The smallest absolute Gasteiger partial charge is 0.250 e. The summed E-state index contributed by atoms with van der Waals surface area (Å²) in [5.74, 6) is -0.279. The molecule has 29 heavy (non-hydrogen) atoms. The Morgan fingerprint density at radius 2 is 2.03 bits per heavy atom. The third kappa shape index (κ3) is 2.76. The molecule has 3 heterocycles. The summed E-state index contributed by atoms with van der Waals surface area (Å²) >= 11 is 0. The van der Waals surface area contributed by atoms with Crippen molar-refractivity contribution in [2.24, 2.45) is 5.92 Å². The van der Waals surface area contributed by atoms with Gasteiger partial charge in [0.05, 0.1) is 11.5 Å². The number of fused-ring (bicyclic) bond motifs is 4. The molecule has 3 atom stereocenters. The molecule has 0 unspecified atom stereocenters. The first-order chi connectivity index (χ1) is 14.0. The first kappa shape index (κ1) is 19.1. The Labute approximate surface area is 173 Å². The average Bonchev–Trinajstić information content (AvgIpc) is 3.06. The van der Waals surface area contributed by atoms with Gasteiger partial charge in [0.15, 0.2) is 0 Å². The van der Waals surface area contributed by atoms with Crippen LogP contribution in [0.15, 0.2) is 24.3 Å². The Morgan fingerprint density at radius 1 is 1.28 bits per heavy atom. The molecule has 0 radical (unpaired) electrons. The van der Waals surface area contributed by atoms with Crippen molar-refractivity contribution in [1.82, 2.24) is 15.1 Å². The first-order valence-electron chi connectivity index (χ1n) is 11.3. The van der Waals surface area contributed by atoms with Gasteiger partial charge in [0.2, 0.25) is 11.8 Å². The molecular weight excluding hydrogens is 364 g/mol. The van der Waals surface area contributed by atoms with Crippen molar-refractivity contribution in [3.05, 3.63) is 29.8 Å². The fraction of sp³-hybridized carbons (Fsp3) is 0.652. The summed E-state index contributed by atoms with van der Waals surface area (Å²) in [6, 6.07) is 8.26. The molecule has 2 N–H and O–H groups in total. The zero-order valence-electron chi connectivity index (χ0n) is 17.5. The van der Waals surface area contributed by atoms with Crippen LogP contribution < -0.4 is 10.6 Å². The van der Waals surface area contributed by atoms with Crippen molar-refractivity contribution in [2.45, 2.75) is 63.1 Å². The molecule has 2 amide bonds. The lowest BCUT2D eigenvalue weighted by atomic mass is 9.78. The van der Waals surface area contributed by atoms with Crippen LogP contribution in [0.3, 0.4) is 0 Å². The van der Waals surface area contributed by atoms with E-state index in [0.717, 1.165) is 69.5 Å². The molecule has 5 rings (SSSR count). The zero-order chi connectivity index (χ0) is 20.2. The second kappa shape index (κ2) is 6.81. The second-order valence-corrected chi connectivity index (χ2v) is 9.27. The lowest BCUT2D eigenvalue weighted by Gasteiger charge is -2.37. The van der Waals surface area contributed by atoms with Gasteiger partial charge in [0, 0.05) is 23.8 Å². The SMILES string of the molecule is CCN(CC)CC1(NC(=O)[C@H]2C[C@H]3CCCN3[C@]23C(=O)Nc2ccccc23)CC1. The van der Waals surface area contributed by atoms with E-state index in [9.17, 15) is 9.59 Å². The van der Waals surface area contributed by atoms with Crippen molar-refractivity contribution in [1.29, 1.82) is 0 Å². The maximum absolute atomic E-state index is 13.7. The molecule has 3 fully saturated rings. The Hall–Kier alpha value is -1.92. The second-order valence-electron chi connectivity index (χ2n) is 9.27. The Morgan fingerprint density at radius 3 is 2.76 bits per heavy atom. The van der Waals surface area contributed by atoms with Crippen molar-refractivity contribution in [2.75, 3.05) is 31.5 Å². The Balaban J connectivity index is 1.47. The van der Waals surface area contributed by atoms with Crippen LogP contribution in [0.25, 0.3) is 0 Å². The van der Waals surface area contributed by atoms with Gasteiger partial charge in [-0.25, -0.2) is 0 Å². The van der Waals surface area contributed by atoms with Crippen molar-refractivity contribution < 1.29 is 9.59 Å². The summed E-state index contributed by atoms with van der Waals surface area (Å²) in [6.07, 6.45) is 5.01. The van der Waals surface area contributed by atoms with Gasteiger partial charge in [-0.1, -0.05) is 32.0 Å². The number of amides is 2. The van der Waals surface area contributed by atoms with Crippen LogP contribution in [-0.2, 0) is 15.1 Å². The van der Waals surface area contributed by atoms with E-state index in [-0.39, 0.29) is 23.3 Å². The number of nitrogens with one attached hydrogen (secondary N) is 2. The van der Waals surface area contributed by atoms with Crippen LogP contribution in [0.4, 0.5) is 5.69 Å². The Bertz CT molecular complexity index is 832. The van der Waals surface area contributed by atoms with Crippen LogP contribution in [0.5, 0.6) is 0 Å². The molecule has 0 bridgehead atoms. The number of rotatable bonds is 6. The minimum absolute atomic E-state index is 0.0168. The molecule has 1 saturated carbocycles. The fourth-order valence-corrected chi connectivity index (χ4v) is 6.08. The average molecular weight is 397 g/mol. The molecule has 6 heteroatoms. The highest BCUT2D eigenvalue weighted by Gasteiger charge is 2.66. The third-order valence-electron chi connectivity index (χ3n) is 7.75. The summed E-state index contributed by atoms with van der Waals surface area (Å²) in [6.45, 7) is 8.12. The van der Waals surface area contributed by atoms with E-state index in [1.165, 1.54) is 0 Å². The summed E-state index contributed by atoms with van der Waals surface area (Å²) < 4.78 is 0. The maximum Gasteiger partial charge on any atom is 0.250 e. The summed E-state index contributed by atoms with van der Waals surface area (Å²) in [7, 11) is 0. The van der Waals surface area contributed by atoms with Crippen molar-refractivity contribution in [3.8, 4) is 0 Å². The normalized spacial score (nSPS) is 31.8. The molecule has 3 aliphatic heterocycles. The molecular formula is C23H32N4O2. The van der Waals surface area contributed by atoms with Gasteiger partial charge in [-0.2, -0.15) is 0 Å². The lowest BCUT2D eigenvalue weighted by Crippen LogP contribution is -2.56. The van der Waals surface area contributed by atoms with Crippen molar-refractivity contribution in [3.63, 3.8) is 0 Å². The number of hydrogen-bond donors (Lipinski definition) is 2. The maximum atomic E-state index is 13.7. The van der Waals surface area contributed by atoms with Gasteiger partial charge in [-0.15, -0.1) is 0 Å². The van der Waals surface area contributed by atoms with Gasteiger partial charge in [0.1, 0.15) is 5.54 Å². The van der Waals surface area contributed by atoms with Crippen LogP contribution in [0.2, 0.25) is 0 Å². The van der Waals surface area contributed by atoms with Crippen LogP contribution >= 0.6 is 0 Å². The van der Waals surface area contributed by atoms with E-state index in [4.69, 9.17) is 0 Å². The number of benzene rings is 1. The highest BCUT2D eigenvalue weighted by molar-refractivity contribution is 6.09. The Kier molecular flexibility index (Phi) is 4.48. The van der Waals surface area contributed by atoms with Gasteiger partial charge < -0.3 is 15.5 Å². The molecule has 2 saturated heterocycles. The monoisotopic (exact) mass is 396 g/mol. The van der Waals surface area contributed by atoms with Gasteiger partial charge in [0.25, 0.3) is 0 Å². The number of hydrogen-bond acceptors (Lipinski definition) is 4. The van der Waals surface area contributed by atoms with E-state index in [1.54, 1.807) is 0 Å². The largest absolute Gasteiger partial charge is 0.349 e. The lowest BCUT2D eigenvalue weighted by molar-refractivity contribution is -0.138. The van der Waals surface area contributed by atoms with E-state index in [1.807, 2.05) is 24.3 Å². The highest BCUT2D eigenvalue weighted by atomic mass is 16.2. The highest BCUT2D eigenvalue weighted by Crippen LogP contribution is 2.55. The summed E-state index contributed by atoms with van der Waals surface area (Å²) in [5, 5.41) is 6.50. The number of carbonyl (C=O) groups is 2. The fourth-order valence-electron chi connectivity index (χ4n) is 6.08. The first-order valence-corrected chi connectivity index (χ1v) is 11.3. The summed E-state index contributed by atoms with van der Waals surface area (Å²) in [4.78, 5) is 31.8. The van der Waals surface area contributed by atoms with E-state index < -0.39 is 5.54 Å². The van der Waals surface area contributed by atoms with Gasteiger partial charge in [-0.05, 0) is 57.8 Å². The molecule has 6 nitrogen and oxygen atoms in total. The molecule has 1 aliphatic carbocycles. The number of anilines is 1. The van der Waals surface area contributed by atoms with E-state index in [2.05, 4.69) is 34.3 Å². The number of likely N-dealkylation sites (N-methyl/N-ethyl adjacent to an activating group) is 1. The predicted octanol–water partition coefficient (Wildman–Crippen LogP) is 2.31. The standard InChI is InChI=1S/C23H32N4O2/c1-3-26(4-2)15-22(11-12-22)25-20(28)18-14-16-8-7-13-27(16)23(18)17-9-5-6-10-19(17)24-21(23)29/h5-6,9-10,16,18H,3-4,7-8,11-15H2,1-2H3,(H,24,29)(H,25,28)/t16-,18-,23+/m1/s1. The van der Waals surface area contributed by atoms with Gasteiger partial charge >= 0.3 is 0 Å². The molecule has 0 aromatic heterocycles. The topological polar surface area (TPSA) is 64.7 Å². The van der Waals surface area contributed by atoms with Gasteiger partial charge in [-0.3, -0.25) is 14.5 Å². The minimum atomic E-state index is -0.840. The van der Waals surface area contributed by atoms with Crippen molar-refractivity contribution >= 4 is 17.5 Å². The molecule has 1 spiro atoms. The van der Waals surface area contributed by atoms with E-state index in [0.29, 0.717) is 6.04 Å². The number of carbonyl (C=O) groups excluding carboxylic acids is 2. The van der Waals surface area contributed by atoms with Crippen LogP contribution in [-0.4, -0.2) is 59.4 Å². The number of para-hydroxylation sites is 1.